The van der Waals surface area contributed by atoms with Crippen LogP contribution in [-0.2, 0) is 0 Å². The first kappa shape index (κ1) is 16.3. The second-order valence-corrected chi connectivity index (χ2v) is 5.67. The van der Waals surface area contributed by atoms with Crippen molar-refractivity contribution >= 4 is 12.2 Å². The quantitative estimate of drug-likeness (QED) is 0.522. The first-order valence-electron chi connectivity index (χ1n) is 7.85. The molecule has 0 spiro atoms. The van der Waals surface area contributed by atoms with Crippen LogP contribution in [0, 0.1) is 0 Å². The molecule has 0 aliphatic rings. The summed E-state index contributed by atoms with van der Waals surface area (Å²) in [6.45, 7) is 1.90. The van der Waals surface area contributed by atoms with Crippen LogP contribution in [0.3, 0.4) is 0 Å². The highest BCUT2D eigenvalue weighted by Gasteiger charge is 1.95. The molecule has 0 amide bonds. The van der Waals surface area contributed by atoms with E-state index in [1.54, 1.807) is 0 Å². The molecule has 2 aromatic carbocycles. The smallest absolute Gasteiger partial charge is 0.119 e. The Bertz CT molecular complexity index is 558. The molecule has 0 saturated carbocycles. The minimum Gasteiger partial charge on any atom is -0.494 e. The molecule has 2 aromatic rings. The summed E-state index contributed by atoms with van der Waals surface area (Å²) in [7, 11) is 4.20. The van der Waals surface area contributed by atoms with Crippen molar-refractivity contribution in [1.29, 1.82) is 0 Å². The molecule has 0 atom stereocenters. The SMILES string of the molecule is CN(C)CCCCOc1ccc(/C=C/c2ccccc2)cc1. The Labute approximate surface area is 134 Å². The molecular formula is C20H25NO. The summed E-state index contributed by atoms with van der Waals surface area (Å²) in [5.74, 6) is 0.946. The van der Waals surface area contributed by atoms with Crippen LogP contribution in [0.4, 0.5) is 0 Å². The Balaban J connectivity index is 1.77. The molecule has 0 heterocycles. The molecule has 2 rings (SSSR count). The van der Waals surface area contributed by atoms with Crippen molar-refractivity contribution in [1.82, 2.24) is 4.90 Å². The molecule has 0 N–H and O–H groups in total. The van der Waals surface area contributed by atoms with Crippen LogP contribution in [0.1, 0.15) is 24.0 Å². The van der Waals surface area contributed by atoms with Crippen molar-refractivity contribution in [2.45, 2.75) is 12.8 Å². The van der Waals surface area contributed by atoms with E-state index < -0.39 is 0 Å². The van der Waals surface area contributed by atoms with E-state index >= 15 is 0 Å². The zero-order chi connectivity index (χ0) is 15.6. The molecule has 0 saturated heterocycles. The van der Waals surface area contributed by atoms with Gasteiger partial charge in [-0.3, -0.25) is 0 Å². The fourth-order valence-electron chi connectivity index (χ4n) is 2.15. The van der Waals surface area contributed by atoms with Crippen molar-refractivity contribution in [2.75, 3.05) is 27.2 Å². The van der Waals surface area contributed by atoms with Gasteiger partial charge in [0.1, 0.15) is 5.75 Å². The predicted molar refractivity (Wildman–Crippen MR) is 95.1 cm³/mol. The Morgan fingerprint density at radius 1 is 0.818 bits per heavy atom. The van der Waals surface area contributed by atoms with E-state index in [4.69, 9.17) is 4.74 Å². The summed E-state index contributed by atoms with van der Waals surface area (Å²) in [4.78, 5) is 2.20. The lowest BCUT2D eigenvalue weighted by molar-refractivity contribution is 0.293. The number of unbranched alkanes of at least 4 members (excludes halogenated alkanes) is 1. The molecule has 0 unspecified atom stereocenters. The Kier molecular flexibility index (Phi) is 6.72. The van der Waals surface area contributed by atoms with Gasteiger partial charge in [-0.05, 0) is 56.7 Å². The van der Waals surface area contributed by atoms with Gasteiger partial charge in [-0.15, -0.1) is 0 Å². The fourth-order valence-corrected chi connectivity index (χ4v) is 2.15. The Hall–Kier alpha value is -2.06. The van der Waals surface area contributed by atoms with Gasteiger partial charge in [0.2, 0.25) is 0 Å². The molecule has 0 radical (unpaired) electrons. The standard InChI is InChI=1S/C20H25NO/c1-21(2)16-6-7-17-22-20-14-12-19(13-15-20)11-10-18-8-4-3-5-9-18/h3-5,8-15H,6-7,16-17H2,1-2H3/b11-10+. The average Bonchev–Trinajstić information content (AvgIpc) is 2.54. The van der Waals surface area contributed by atoms with Crippen LogP contribution in [0.2, 0.25) is 0 Å². The zero-order valence-corrected chi connectivity index (χ0v) is 13.5. The number of nitrogens with zero attached hydrogens (tertiary/aromatic N) is 1. The Morgan fingerprint density at radius 3 is 2.09 bits per heavy atom. The third-order valence-electron chi connectivity index (χ3n) is 3.42. The first-order valence-corrected chi connectivity index (χ1v) is 7.85. The highest BCUT2D eigenvalue weighted by Crippen LogP contribution is 2.15. The minimum absolute atomic E-state index is 0.785. The molecule has 0 fully saturated rings. The molecule has 0 aromatic heterocycles. The largest absolute Gasteiger partial charge is 0.494 e. The van der Waals surface area contributed by atoms with Gasteiger partial charge in [-0.1, -0.05) is 54.6 Å². The molecule has 0 bridgehead atoms. The normalized spacial score (nSPS) is 11.2. The fraction of sp³-hybridized carbons (Fsp3) is 0.300. The van der Waals surface area contributed by atoms with Crippen LogP contribution < -0.4 is 4.74 Å². The zero-order valence-electron chi connectivity index (χ0n) is 13.5. The van der Waals surface area contributed by atoms with Crippen molar-refractivity contribution in [3.05, 3.63) is 65.7 Å². The second-order valence-electron chi connectivity index (χ2n) is 5.67. The van der Waals surface area contributed by atoms with Gasteiger partial charge in [0.25, 0.3) is 0 Å². The maximum Gasteiger partial charge on any atom is 0.119 e. The van der Waals surface area contributed by atoms with Crippen LogP contribution in [0.15, 0.2) is 54.6 Å². The molecular weight excluding hydrogens is 270 g/mol. The predicted octanol–water partition coefficient (Wildman–Crippen LogP) is 4.58. The lowest BCUT2D eigenvalue weighted by atomic mass is 10.1. The monoisotopic (exact) mass is 295 g/mol. The van der Waals surface area contributed by atoms with Crippen LogP contribution in [0.25, 0.3) is 12.2 Å². The van der Waals surface area contributed by atoms with Gasteiger partial charge in [0.05, 0.1) is 6.61 Å². The first-order chi connectivity index (χ1) is 10.7. The van der Waals surface area contributed by atoms with Gasteiger partial charge in [-0.2, -0.15) is 0 Å². The van der Waals surface area contributed by atoms with Crippen LogP contribution >= 0.6 is 0 Å². The maximum atomic E-state index is 5.76. The molecule has 2 nitrogen and oxygen atoms in total. The van der Waals surface area contributed by atoms with Gasteiger partial charge < -0.3 is 9.64 Å². The van der Waals surface area contributed by atoms with Crippen molar-refractivity contribution < 1.29 is 4.74 Å². The molecule has 0 aliphatic carbocycles. The van der Waals surface area contributed by atoms with E-state index in [0.29, 0.717) is 0 Å². The molecule has 0 aliphatic heterocycles. The van der Waals surface area contributed by atoms with Gasteiger partial charge >= 0.3 is 0 Å². The van der Waals surface area contributed by atoms with E-state index in [-0.39, 0.29) is 0 Å². The lowest BCUT2D eigenvalue weighted by Gasteiger charge is -2.10. The van der Waals surface area contributed by atoms with E-state index in [2.05, 4.69) is 55.4 Å². The molecule has 116 valence electrons. The number of hydrogen-bond acceptors (Lipinski definition) is 2. The summed E-state index contributed by atoms with van der Waals surface area (Å²) in [6.07, 6.45) is 6.51. The Morgan fingerprint density at radius 2 is 1.45 bits per heavy atom. The molecule has 2 heteroatoms. The molecule has 22 heavy (non-hydrogen) atoms. The van der Waals surface area contributed by atoms with E-state index in [0.717, 1.165) is 25.3 Å². The van der Waals surface area contributed by atoms with Crippen molar-refractivity contribution in [2.24, 2.45) is 0 Å². The number of benzene rings is 2. The van der Waals surface area contributed by atoms with E-state index in [1.165, 1.54) is 17.5 Å². The summed E-state index contributed by atoms with van der Waals surface area (Å²) in [5.41, 5.74) is 2.40. The van der Waals surface area contributed by atoms with Gasteiger partial charge in [-0.25, -0.2) is 0 Å². The highest BCUT2D eigenvalue weighted by atomic mass is 16.5. The van der Waals surface area contributed by atoms with Crippen molar-refractivity contribution in [3.8, 4) is 5.75 Å². The average molecular weight is 295 g/mol. The number of ether oxygens (including phenoxy) is 1. The van der Waals surface area contributed by atoms with Crippen molar-refractivity contribution in [3.63, 3.8) is 0 Å². The number of hydrogen-bond donors (Lipinski definition) is 0. The summed E-state index contributed by atoms with van der Waals surface area (Å²) < 4.78 is 5.76. The lowest BCUT2D eigenvalue weighted by Crippen LogP contribution is -2.13. The van der Waals surface area contributed by atoms with E-state index in [9.17, 15) is 0 Å². The van der Waals surface area contributed by atoms with Gasteiger partial charge in [0, 0.05) is 0 Å². The minimum atomic E-state index is 0.785. The van der Waals surface area contributed by atoms with Crippen LogP contribution in [-0.4, -0.2) is 32.1 Å². The third kappa shape index (κ3) is 6.15. The highest BCUT2D eigenvalue weighted by molar-refractivity contribution is 5.69. The van der Waals surface area contributed by atoms with E-state index in [1.807, 2.05) is 30.3 Å². The maximum absolute atomic E-state index is 5.76. The summed E-state index contributed by atoms with van der Waals surface area (Å²) in [6, 6.07) is 18.6. The number of rotatable bonds is 8. The second kappa shape index (κ2) is 9.06. The summed E-state index contributed by atoms with van der Waals surface area (Å²) in [5, 5.41) is 0. The summed E-state index contributed by atoms with van der Waals surface area (Å²) >= 11 is 0. The van der Waals surface area contributed by atoms with Crippen LogP contribution in [0.5, 0.6) is 5.75 Å². The topological polar surface area (TPSA) is 12.5 Å². The third-order valence-corrected chi connectivity index (χ3v) is 3.42. The van der Waals surface area contributed by atoms with Gasteiger partial charge in [0.15, 0.2) is 0 Å².